The maximum Gasteiger partial charge on any atom is 0.472 e. The molecule has 0 heterocycles. The number of rotatable bonds is 78. The molecule has 0 aromatic heterocycles. The molecule has 0 aliphatic rings. The predicted molar refractivity (Wildman–Crippen MR) is 395 cm³/mol. The molecule has 0 aliphatic carbocycles. The van der Waals surface area contributed by atoms with Crippen LogP contribution >= 0.6 is 15.6 Å². The molecule has 3 N–H and O–H groups in total. The highest BCUT2D eigenvalue weighted by molar-refractivity contribution is 7.47. The standard InChI is InChI=1S/C78H152O17P2/c1-6-10-13-16-19-22-24-26-28-29-30-31-32-33-34-36-38-40-42-48-53-58-63-77(82)94-74(68-89-76(81)62-57-52-47-41-39-37-35-27-25-23-20-17-14-11-7-2)70-93-97(86,87)91-66-72(79)65-90-96(84,85)92-69-73(67-88-75(80)61-56-51-46-21-18-15-12-8-3)95-78(83)64-59-54-49-44-43-45-50-55-60-71(5)9-4/h71-74,79H,6-70H2,1-5H3,(H,84,85)(H,86,87)/t71?,72-,73+,74+/m0/s1. The lowest BCUT2D eigenvalue weighted by atomic mass is 9.99. The highest BCUT2D eigenvalue weighted by Crippen LogP contribution is 2.45. The van der Waals surface area contributed by atoms with Crippen molar-refractivity contribution < 1.29 is 80.2 Å². The van der Waals surface area contributed by atoms with Gasteiger partial charge in [0.05, 0.1) is 26.4 Å². The molecule has 17 nitrogen and oxygen atoms in total. The van der Waals surface area contributed by atoms with Crippen molar-refractivity contribution in [2.75, 3.05) is 39.6 Å². The van der Waals surface area contributed by atoms with Crippen molar-refractivity contribution in [3.05, 3.63) is 0 Å². The van der Waals surface area contributed by atoms with Gasteiger partial charge in [-0.2, -0.15) is 0 Å². The van der Waals surface area contributed by atoms with Crippen LogP contribution in [0.3, 0.4) is 0 Å². The number of phosphoric ester groups is 2. The lowest BCUT2D eigenvalue weighted by Gasteiger charge is -2.21. The van der Waals surface area contributed by atoms with Crippen molar-refractivity contribution in [1.82, 2.24) is 0 Å². The van der Waals surface area contributed by atoms with Gasteiger partial charge in [0.25, 0.3) is 0 Å². The second kappa shape index (κ2) is 71.1. The number of hydrogen-bond donors (Lipinski definition) is 3. The summed E-state index contributed by atoms with van der Waals surface area (Å²) in [5, 5.41) is 10.6. The van der Waals surface area contributed by atoms with Crippen molar-refractivity contribution >= 4 is 39.5 Å². The van der Waals surface area contributed by atoms with Crippen LogP contribution in [0.25, 0.3) is 0 Å². The molecule has 0 radical (unpaired) electrons. The largest absolute Gasteiger partial charge is 0.472 e. The van der Waals surface area contributed by atoms with Gasteiger partial charge in [0.15, 0.2) is 12.2 Å². The Kier molecular flexibility index (Phi) is 69.6. The van der Waals surface area contributed by atoms with Crippen LogP contribution in [0.5, 0.6) is 0 Å². The molecular weight excluding hydrogens is 1270 g/mol. The normalized spacial score (nSPS) is 14.2. The Labute approximate surface area is 594 Å². The van der Waals surface area contributed by atoms with Gasteiger partial charge >= 0.3 is 39.5 Å². The van der Waals surface area contributed by atoms with Gasteiger partial charge in [-0.3, -0.25) is 37.3 Å². The molecule has 6 atom stereocenters. The number of unbranched alkanes of at least 4 members (excludes halogenated alkanes) is 49. The molecule has 0 aromatic rings. The minimum Gasteiger partial charge on any atom is -0.462 e. The Morgan fingerprint density at radius 1 is 0.289 bits per heavy atom. The van der Waals surface area contributed by atoms with Gasteiger partial charge in [-0.25, -0.2) is 9.13 Å². The van der Waals surface area contributed by atoms with Crippen LogP contribution in [0.4, 0.5) is 0 Å². The van der Waals surface area contributed by atoms with Gasteiger partial charge in [0.2, 0.25) is 0 Å². The highest BCUT2D eigenvalue weighted by Gasteiger charge is 2.30. The number of esters is 4. The lowest BCUT2D eigenvalue weighted by molar-refractivity contribution is -0.161. The number of aliphatic hydroxyl groups is 1. The monoisotopic (exact) mass is 1420 g/mol. The van der Waals surface area contributed by atoms with E-state index in [-0.39, 0.29) is 25.7 Å². The van der Waals surface area contributed by atoms with Gasteiger partial charge in [-0.15, -0.1) is 0 Å². The van der Waals surface area contributed by atoms with Crippen LogP contribution in [0.2, 0.25) is 0 Å². The number of aliphatic hydroxyl groups excluding tert-OH is 1. The number of ether oxygens (including phenoxy) is 4. The van der Waals surface area contributed by atoms with E-state index in [1.807, 2.05) is 0 Å². The third-order valence-corrected chi connectivity index (χ3v) is 20.5. The fourth-order valence-corrected chi connectivity index (χ4v) is 13.6. The molecule has 0 fully saturated rings. The van der Waals surface area contributed by atoms with Gasteiger partial charge in [0, 0.05) is 25.7 Å². The number of phosphoric acid groups is 2. The maximum absolute atomic E-state index is 13.1. The van der Waals surface area contributed by atoms with Crippen LogP contribution in [-0.2, 0) is 65.4 Å². The van der Waals surface area contributed by atoms with Crippen LogP contribution in [0.1, 0.15) is 413 Å². The summed E-state index contributed by atoms with van der Waals surface area (Å²) in [4.78, 5) is 72.8. The Morgan fingerprint density at radius 3 is 0.732 bits per heavy atom. The van der Waals surface area contributed by atoms with Crippen molar-refractivity contribution in [1.29, 1.82) is 0 Å². The SMILES string of the molecule is CCCCCCCCCCCCCCCCCCCCCCCCC(=O)O[C@H](COC(=O)CCCCCCCCCCCCCCCCC)COP(=O)(O)OC[C@@H](O)COP(=O)(O)OC[C@@H](COC(=O)CCCCCCCCCC)OC(=O)CCCCCCCCCCC(C)CC. The highest BCUT2D eigenvalue weighted by atomic mass is 31.2. The molecule has 0 rings (SSSR count). The zero-order valence-electron chi connectivity index (χ0n) is 63.2. The van der Waals surface area contributed by atoms with E-state index in [9.17, 15) is 43.2 Å². The fourth-order valence-electron chi connectivity index (χ4n) is 12.0. The number of carbonyl (C=O) groups is 4. The number of hydrogen-bond acceptors (Lipinski definition) is 15. The van der Waals surface area contributed by atoms with Crippen molar-refractivity contribution in [3.8, 4) is 0 Å². The molecule has 0 bridgehead atoms. The molecular formula is C78H152O17P2. The minimum atomic E-state index is -4.96. The van der Waals surface area contributed by atoms with Crippen LogP contribution < -0.4 is 0 Å². The first kappa shape index (κ1) is 95.1. The molecule has 0 saturated heterocycles. The Morgan fingerprint density at radius 2 is 0.495 bits per heavy atom. The summed E-state index contributed by atoms with van der Waals surface area (Å²) in [5.41, 5.74) is 0. The fraction of sp³-hybridized carbons (Fsp3) is 0.949. The number of carbonyl (C=O) groups excluding carboxylic acids is 4. The van der Waals surface area contributed by atoms with Crippen molar-refractivity contribution in [3.63, 3.8) is 0 Å². The molecule has 3 unspecified atom stereocenters. The van der Waals surface area contributed by atoms with Crippen molar-refractivity contribution in [2.45, 2.75) is 432 Å². The molecule has 0 aromatic carbocycles. The Hall–Kier alpha value is -1.94. The molecule has 0 amide bonds. The van der Waals surface area contributed by atoms with E-state index < -0.39 is 97.5 Å². The van der Waals surface area contributed by atoms with E-state index in [2.05, 4.69) is 34.6 Å². The third-order valence-electron chi connectivity index (χ3n) is 18.6. The topological polar surface area (TPSA) is 237 Å². The minimum absolute atomic E-state index is 0.105. The van der Waals surface area contributed by atoms with E-state index in [0.29, 0.717) is 25.7 Å². The Balaban J connectivity index is 5.17. The van der Waals surface area contributed by atoms with Gasteiger partial charge in [-0.1, -0.05) is 362 Å². The van der Waals surface area contributed by atoms with Crippen LogP contribution in [0, 0.1) is 5.92 Å². The quantitative estimate of drug-likeness (QED) is 0.0222. The van der Waals surface area contributed by atoms with Gasteiger partial charge in [0.1, 0.15) is 19.3 Å². The maximum atomic E-state index is 13.1. The van der Waals surface area contributed by atoms with Gasteiger partial charge < -0.3 is 33.8 Å². The lowest BCUT2D eigenvalue weighted by Crippen LogP contribution is -2.30. The molecule has 576 valence electrons. The summed E-state index contributed by atoms with van der Waals surface area (Å²) in [6, 6.07) is 0. The average Bonchev–Trinajstić information content (AvgIpc) is 2.09. The molecule has 19 heteroatoms. The van der Waals surface area contributed by atoms with E-state index in [4.69, 9.17) is 37.0 Å². The Bertz CT molecular complexity index is 1860. The first-order valence-electron chi connectivity index (χ1n) is 40.7. The molecule has 0 aliphatic heterocycles. The van der Waals surface area contributed by atoms with Crippen LogP contribution in [0.15, 0.2) is 0 Å². The second-order valence-electron chi connectivity index (χ2n) is 28.3. The smallest absolute Gasteiger partial charge is 0.462 e. The summed E-state index contributed by atoms with van der Waals surface area (Å²) < 4.78 is 68.5. The summed E-state index contributed by atoms with van der Waals surface area (Å²) in [6.45, 7) is 7.27. The average molecular weight is 1420 g/mol. The molecule has 0 spiro atoms. The summed E-state index contributed by atoms with van der Waals surface area (Å²) in [6.07, 6.45) is 61.2. The predicted octanol–water partition coefficient (Wildman–Crippen LogP) is 23.3. The van der Waals surface area contributed by atoms with E-state index in [1.165, 1.54) is 231 Å². The van der Waals surface area contributed by atoms with Gasteiger partial charge in [-0.05, 0) is 31.6 Å². The third kappa shape index (κ3) is 70.9. The molecule has 97 heavy (non-hydrogen) atoms. The zero-order valence-corrected chi connectivity index (χ0v) is 65.0. The van der Waals surface area contributed by atoms with E-state index in [0.717, 1.165) is 102 Å². The first-order valence-corrected chi connectivity index (χ1v) is 43.7. The summed E-state index contributed by atoms with van der Waals surface area (Å²) >= 11 is 0. The van der Waals surface area contributed by atoms with Crippen LogP contribution in [-0.4, -0.2) is 96.7 Å². The zero-order chi connectivity index (χ0) is 71.2. The van der Waals surface area contributed by atoms with E-state index >= 15 is 0 Å². The molecule has 0 saturated carbocycles. The second-order valence-corrected chi connectivity index (χ2v) is 31.3. The first-order chi connectivity index (χ1) is 47.1. The summed E-state index contributed by atoms with van der Waals surface area (Å²) in [5.74, 6) is -1.35. The van der Waals surface area contributed by atoms with Crippen molar-refractivity contribution in [2.24, 2.45) is 5.92 Å². The van der Waals surface area contributed by atoms with E-state index in [1.54, 1.807) is 0 Å². The summed E-state index contributed by atoms with van der Waals surface area (Å²) in [7, 11) is -9.91.